The van der Waals surface area contributed by atoms with Crippen molar-refractivity contribution in [3.05, 3.63) is 0 Å². The van der Waals surface area contributed by atoms with Gasteiger partial charge in [0.2, 0.25) is 0 Å². The lowest BCUT2D eigenvalue weighted by Crippen LogP contribution is -2.21. The predicted octanol–water partition coefficient (Wildman–Crippen LogP) is -0.523. The Hall–Kier alpha value is -0.130. The van der Waals surface area contributed by atoms with Crippen molar-refractivity contribution in [2.24, 2.45) is 10.1 Å². The van der Waals surface area contributed by atoms with Crippen LogP contribution in [0.2, 0.25) is 0 Å². The summed E-state index contributed by atoms with van der Waals surface area (Å²) in [6.07, 6.45) is 1.56. The van der Waals surface area contributed by atoms with Crippen LogP contribution in [0.15, 0.2) is 4.36 Å². The summed E-state index contributed by atoms with van der Waals surface area (Å²) >= 11 is 0. The summed E-state index contributed by atoms with van der Waals surface area (Å²) in [6.45, 7) is 0.119. The molecular weight excluding hydrogens is 138 g/mol. The maximum absolute atomic E-state index is 11.2. The lowest BCUT2D eigenvalue weighted by atomic mass is 11.3. The van der Waals surface area contributed by atoms with Crippen LogP contribution in [0.5, 0.6) is 0 Å². The first-order valence-electron chi connectivity index (χ1n) is 2.56. The maximum Gasteiger partial charge on any atom is 0.108 e. The summed E-state index contributed by atoms with van der Waals surface area (Å²) in [4.78, 5) is 0. The van der Waals surface area contributed by atoms with Crippen LogP contribution in [0.3, 0.4) is 0 Å². The van der Waals surface area contributed by atoms with Crippen molar-refractivity contribution in [1.82, 2.24) is 4.31 Å². The molecule has 0 heterocycles. The molecule has 56 valence electrons. The Morgan fingerprint density at radius 2 is 2.11 bits per heavy atom. The summed E-state index contributed by atoms with van der Waals surface area (Å²) < 4.78 is 16.4. The van der Waals surface area contributed by atoms with Crippen molar-refractivity contribution in [2.45, 2.75) is 0 Å². The van der Waals surface area contributed by atoms with E-state index in [0.29, 0.717) is 0 Å². The van der Waals surface area contributed by atoms with Crippen molar-refractivity contribution in [3.63, 3.8) is 0 Å². The van der Waals surface area contributed by atoms with E-state index in [-0.39, 0.29) is 6.67 Å². The van der Waals surface area contributed by atoms with E-state index in [1.54, 1.807) is 24.7 Å². The topological polar surface area (TPSA) is 58.7 Å². The van der Waals surface area contributed by atoms with Crippen LogP contribution < -0.4 is 5.73 Å². The van der Waals surface area contributed by atoms with E-state index < -0.39 is 9.92 Å². The van der Waals surface area contributed by atoms with Gasteiger partial charge in [-0.05, 0) is 0 Å². The van der Waals surface area contributed by atoms with Gasteiger partial charge in [-0.25, -0.2) is 12.9 Å². The number of rotatable bonds is 2. The van der Waals surface area contributed by atoms with Gasteiger partial charge in [0.15, 0.2) is 0 Å². The van der Waals surface area contributed by atoms with Crippen molar-refractivity contribution in [3.8, 4) is 0 Å². The van der Waals surface area contributed by atoms with Gasteiger partial charge in [-0.3, -0.25) is 0 Å². The van der Waals surface area contributed by atoms with Crippen LogP contribution in [0.25, 0.3) is 0 Å². The fourth-order valence-electron chi connectivity index (χ4n) is 0.254. The molecule has 0 bridgehead atoms. The highest BCUT2D eigenvalue weighted by molar-refractivity contribution is 7.90. The normalized spacial score (nSPS) is 17.4. The van der Waals surface area contributed by atoms with Gasteiger partial charge in [-0.2, -0.15) is 0 Å². The molecule has 0 aromatic heterocycles. The molecule has 0 rings (SSSR count). The zero-order valence-corrected chi connectivity index (χ0v) is 6.81. The second-order valence-electron chi connectivity index (χ2n) is 1.89. The number of hydrogen-bond acceptors (Lipinski definition) is 3. The molecule has 0 amide bonds. The Morgan fingerprint density at radius 3 is 2.22 bits per heavy atom. The molecule has 0 saturated heterocycles. The van der Waals surface area contributed by atoms with E-state index in [0.717, 1.165) is 0 Å². The van der Waals surface area contributed by atoms with Crippen molar-refractivity contribution < 1.29 is 4.21 Å². The van der Waals surface area contributed by atoms with Crippen LogP contribution in [-0.4, -0.2) is 35.5 Å². The zero-order chi connectivity index (χ0) is 7.49. The monoisotopic (exact) mass is 151 g/mol. The largest absolute Gasteiger partial charge is 0.312 e. The molecule has 0 radical (unpaired) electrons. The molecule has 2 N–H and O–H groups in total. The lowest BCUT2D eigenvalue weighted by Gasteiger charge is -2.10. The molecule has 4 nitrogen and oxygen atoms in total. The molecule has 9 heavy (non-hydrogen) atoms. The van der Waals surface area contributed by atoms with Gasteiger partial charge >= 0.3 is 0 Å². The lowest BCUT2D eigenvalue weighted by molar-refractivity contribution is 0.595. The Balaban J connectivity index is 4.39. The van der Waals surface area contributed by atoms with E-state index in [9.17, 15) is 4.21 Å². The Bertz CT molecular complexity index is 180. The number of hydrogen-bond donors (Lipinski definition) is 1. The molecule has 1 atom stereocenters. The van der Waals surface area contributed by atoms with E-state index in [4.69, 9.17) is 5.73 Å². The predicted molar refractivity (Wildman–Crippen MR) is 39.2 cm³/mol. The fraction of sp³-hybridized carbons (Fsp3) is 1.00. The van der Waals surface area contributed by atoms with E-state index in [2.05, 4.69) is 4.36 Å². The Kier molecular flexibility index (Phi) is 3.10. The molecule has 5 heteroatoms. The highest BCUT2D eigenvalue weighted by Crippen LogP contribution is 1.91. The van der Waals surface area contributed by atoms with Crippen LogP contribution in [0, 0.1) is 0 Å². The fourth-order valence-corrected chi connectivity index (χ4v) is 0.761. The third-order valence-corrected chi connectivity index (χ3v) is 2.97. The third-order valence-electron chi connectivity index (χ3n) is 0.992. The van der Waals surface area contributed by atoms with Crippen LogP contribution in [0.4, 0.5) is 0 Å². The van der Waals surface area contributed by atoms with Crippen molar-refractivity contribution in [1.29, 1.82) is 0 Å². The van der Waals surface area contributed by atoms with Crippen LogP contribution >= 0.6 is 0 Å². The summed E-state index contributed by atoms with van der Waals surface area (Å²) in [5.41, 5.74) is 5.08. The minimum Gasteiger partial charge on any atom is -0.312 e. The minimum atomic E-state index is -2.16. The van der Waals surface area contributed by atoms with E-state index >= 15 is 0 Å². The minimum absolute atomic E-state index is 0.119. The Morgan fingerprint density at radius 1 is 1.67 bits per heavy atom. The maximum atomic E-state index is 11.2. The van der Waals surface area contributed by atoms with Gasteiger partial charge in [0.25, 0.3) is 0 Å². The molecule has 0 aliphatic rings. The van der Waals surface area contributed by atoms with Crippen molar-refractivity contribution in [2.75, 3.05) is 27.0 Å². The molecule has 0 saturated carbocycles. The van der Waals surface area contributed by atoms with Gasteiger partial charge in [0.1, 0.15) is 9.92 Å². The van der Waals surface area contributed by atoms with Crippen LogP contribution in [-0.2, 0) is 9.92 Å². The van der Waals surface area contributed by atoms with Gasteiger partial charge < -0.3 is 5.73 Å². The first kappa shape index (κ1) is 8.87. The SMILES string of the molecule is CN(C)S(C)(=O)=NCN. The summed E-state index contributed by atoms with van der Waals surface area (Å²) in [7, 11) is 1.25. The van der Waals surface area contributed by atoms with Gasteiger partial charge in [0.05, 0.1) is 6.67 Å². The molecule has 0 fully saturated rings. The molecular formula is C4H13N3OS. The highest BCUT2D eigenvalue weighted by atomic mass is 32.2. The van der Waals surface area contributed by atoms with Crippen molar-refractivity contribution >= 4 is 9.92 Å². The first-order valence-corrected chi connectivity index (χ1v) is 4.44. The second-order valence-corrected chi connectivity index (χ2v) is 4.40. The van der Waals surface area contributed by atoms with Crippen LogP contribution in [0.1, 0.15) is 0 Å². The molecule has 0 aromatic carbocycles. The zero-order valence-electron chi connectivity index (χ0n) is 6.00. The first-order chi connectivity index (χ1) is 4.00. The molecule has 0 aliphatic carbocycles. The van der Waals surface area contributed by atoms with Gasteiger partial charge in [-0.15, -0.1) is 0 Å². The highest BCUT2D eigenvalue weighted by Gasteiger charge is 2.00. The van der Waals surface area contributed by atoms with E-state index in [1.807, 2.05) is 0 Å². The van der Waals surface area contributed by atoms with Gasteiger partial charge in [-0.1, -0.05) is 0 Å². The third kappa shape index (κ3) is 2.78. The molecule has 0 aromatic rings. The average molecular weight is 151 g/mol. The number of nitrogens with zero attached hydrogens (tertiary/aromatic N) is 2. The molecule has 1 unspecified atom stereocenters. The number of nitrogens with two attached hydrogens (primary N) is 1. The second kappa shape index (κ2) is 3.14. The Labute approximate surface area is 56.3 Å². The summed E-state index contributed by atoms with van der Waals surface area (Å²) in [5, 5.41) is 0. The molecule has 0 spiro atoms. The standard InChI is InChI=1S/C4H13N3OS/c1-7(2)9(3,8)6-4-5/h4-5H2,1-3H3. The summed E-state index contributed by atoms with van der Waals surface area (Å²) in [6, 6.07) is 0. The summed E-state index contributed by atoms with van der Waals surface area (Å²) in [5.74, 6) is 0. The van der Waals surface area contributed by atoms with E-state index in [1.165, 1.54) is 0 Å². The smallest absolute Gasteiger partial charge is 0.108 e. The van der Waals surface area contributed by atoms with Gasteiger partial charge in [0, 0.05) is 20.4 Å². The molecule has 0 aliphatic heterocycles. The quantitative estimate of drug-likeness (QED) is 0.577. The average Bonchev–Trinajstić information content (AvgIpc) is 1.65.